The van der Waals surface area contributed by atoms with Crippen LogP contribution in [0.3, 0.4) is 0 Å². The molecule has 0 aromatic heterocycles. The van der Waals surface area contributed by atoms with Crippen molar-refractivity contribution in [3.8, 4) is 0 Å². The van der Waals surface area contributed by atoms with Crippen LogP contribution in [0.15, 0.2) is 132 Å². The molecular weight excluding hydrogens is 451 g/mol. The summed E-state index contributed by atoms with van der Waals surface area (Å²) in [5, 5.41) is 0. The number of para-hydroxylation sites is 2. The Balaban J connectivity index is 1.62. The maximum atomic E-state index is 14.1. The van der Waals surface area contributed by atoms with Crippen LogP contribution in [-0.4, -0.2) is 11.8 Å². The molecule has 4 aromatic rings. The maximum absolute atomic E-state index is 14.1. The maximum Gasteiger partial charge on any atom is 0.276 e. The second-order valence-electron chi connectivity index (χ2n) is 8.67. The second kappa shape index (κ2) is 8.78. The molecule has 1 atom stereocenters. The summed E-state index contributed by atoms with van der Waals surface area (Å²) < 4.78 is 13.9. The molecule has 2 amide bonds. The first-order valence-electron chi connectivity index (χ1n) is 11.7. The Morgan fingerprint density at radius 1 is 0.639 bits per heavy atom. The Bertz CT molecular complexity index is 1510. The van der Waals surface area contributed by atoms with E-state index in [0.717, 1.165) is 11.1 Å². The van der Waals surface area contributed by atoms with E-state index < -0.39 is 6.04 Å². The van der Waals surface area contributed by atoms with Gasteiger partial charge in [0.15, 0.2) is 0 Å². The first kappa shape index (κ1) is 21.7. The van der Waals surface area contributed by atoms with E-state index >= 15 is 0 Å². The van der Waals surface area contributed by atoms with Gasteiger partial charge in [-0.3, -0.25) is 19.4 Å². The third-order valence-electron chi connectivity index (χ3n) is 6.50. The van der Waals surface area contributed by atoms with Gasteiger partial charge in [-0.05, 0) is 53.6 Å². The van der Waals surface area contributed by atoms with Crippen LogP contribution in [0.1, 0.15) is 17.2 Å². The lowest BCUT2D eigenvalue weighted by atomic mass is 9.93. The van der Waals surface area contributed by atoms with Gasteiger partial charge in [-0.1, -0.05) is 78.9 Å². The summed E-state index contributed by atoms with van der Waals surface area (Å²) in [5.41, 5.74) is 4.28. The highest BCUT2D eigenvalue weighted by molar-refractivity contribution is 6.29. The van der Waals surface area contributed by atoms with Crippen LogP contribution in [0.5, 0.6) is 0 Å². The minimum atomic E-state index is -0.594. The number of hydrogen-bond acceptors (Lipinski definition) is 2. The summed E-state index contributed by atoms with van der Waals surface area (Å²) in [6.07, 6.45) is 1.83. The van der Waals surface area contributed by atoms with Gasteiger partial charge in [-0.15, -0.1) is 0 Å². The number of carbonyl (C=O) groups is 2. The standard InChI is InChI=1S/C31H21FN2O2/c32-23-18-16-22(17-19-23)28-27-26(20-21-10-4-1-5-11-21)30(35)34(25-14-8-3-9-15-25)29(27)31(36)33(28)24-12-6-2-7-13-24/h1-20,28H. The Morgan fingerprint density at radius 3 is 1.81 bits per heavy atom. The molecule has 0 spiro atoms. The molecular formula is C31H21FN2O2. The first-order valence-corrected chi connectivity index (χ1v) is 11.7. The van der Waals surface area contributed by atoms with Crippen LogP contribution in [0, 0.1) is 5.82 Å². The molecule has 2 aliphatic heterocycles. The van der Waals surface area contributed by atoms with Crippen LogP contribution in [0.2, 0.25) is 0 Å². The van der Waals surface area contributed by atoms with Crippen molar-refractivity contribution in [1.82, 2.24) is 0 Å². The monoisotopic (exact) mass is 472 g/mol. The van der Waals surface area contributed by atoms with Crippen molar-refractivity contribution in [2.75, 3.05) is 9.80 Å². The molecule has 36 heavy (non-hydrogen) atoms. The highest BCUT2D eigenvalue weighted by Gasteiger charge is 2.52. The molecule has 0 saturated heterocycles. The van der Waals surface area contributed by atoms with Gasteiger partial charge in [0.2, 0.25) is 0 Å². The van der Waals surface area contributed by atoms with Crippen LogP contribution in [-0.2, 0) is 9.59 Å². The third-order valence-corrected chi connectivity index (χ3v) is 6.50. The molecule has 6 rings (SSSR count). The molecule has 4 aromatic carbocycles. The number of anilines is 2. The summed E-state index contributed by atoms with van der Waals surface area (Å²) in [6.45, 7) is 0. The van der Waals surface area contributed by atoms with E-state index in [1.807, 2.05) is 97.1 Å². The number of benzene rings is 4. The lowest BCUT2D eigenvalue weighted by molar-refractivity contribution is -0.118. The van der Waals surface area contributed by atoms with Crippen LogP contribution < -0.4 is 9.80 Å². The molecule has 4 nitrogen and oxygen atoms in total. The highest BCUT2D eigenvalue weighted by atomic mass is 19.1. The van der Waals surface area contributed by atoms with E-state index in [4.69, 9.17) is 0 Å². The molecule has 0 fully saturated rings. The van der Waals surface area contributed by atoms with Crippen molar-refractivity contribution >= 4 is 29.3 Å². The average molecular weight is 473 g/mol. The number of hydrogen-bond donors (Lipinski definition) is 0. The van der Waals surface area contributed by atoms with Gasteiger partial charge in [0.25, 0.3) is 11.8 Å². The Hall–Kier alpha value is -4.77. The smallest absolute Gasteiger partial charge is 0.276 e. The van der Waals surface area contributed by atoms with Crippen molar-refractivity contribution in [3.63, 3.8) is 0 Å². The fourth-order valence-electron chi connectivity index (χ4n) is 4.93. The minimum absolute atomic E-state index is 0.261. The summed E-state index contributed by atoms with van der Waals surface area (Å²) in [7, 11) is 0. The van der Waals surface area contributed by atoms with Gasteiger partial charge in [0.05, 0.1) is 6.04 Å². The van der Waals surface area contributed by atoms with Crippen molar-refractivity contribution < 1.29 is 14.0 Å². The molecule has 0 radical (unpaired) electrons. The summed E-state index contributed by atoms with van der Waals surface area (Å²) >= 11 is 0. The summed E-state index contributed by atoms with van der Waals surface area (Å²) in [4.78, 5) is 31.3. The Labute approximate surface area is 208 Å². The lowest BCUT2D eigenvalue weighted by Crippen LogP contribution is -2.38. The number of amides is 2. The molecule has 2 aliphatic rings. The number of rotatable bonds is 4. The molecule has 0 bridgehead atoms. The number of carbonyl (C=O) groups excluding carboxylic acids is 2. The fraction of sp³-hybridized carbons (Fsp3) is 0.0323. The van der Waals surface area contributed by atoms with E-state index in [0.29, 0.717) is 28.2 Å². The number of nitrogens with zero attached hydrogens (tertiary/aromatic N) is 2. The van der Waals surface area contributed by atoms with E-state index in [2.05, 4.69) is 0 Å². The Morgan fingerprint density at radius 2 is 1.19 bits per heavy atom. The van der Waals surface area contributed by atoms with Crippen molar-refractivity contribution in [3.05, 3.63) is 149 Å². The van der Waals surface area contributed by atoms with Gasteiger partial charge in [0, 0.05) is 22.5 Å². The zero-order valence-electron chi connectivity index (χ0n) is 19.2. The molecule has 0 aliphatic carbocycles. The minimum Gasteiger partial charge on any atom is -0.295 e. The van der Waals surface area contributed by atoms with E-state index in [1.165, 1.54) is 17.0 Å². The molecule has 5 heteroatoms. The van der Waals surface area contributed by atoms with Crippen LogP contribution in [0.4, 0.5) is 15.8 Å². The lowest BCUT2D eigenvalue weighted by Gasteiger charge is -2.30. The Kier molecular flexibility index (Phi) is 5.30. The summed E-state index contributed by atoms with van der Waals surface area (Å²) in [5.74, 6) is -0.903. The van der Waals surface area contributed by atoms with Gasteiger partial charge in [-0.25, -0.2) is 4.39 Å². The third kappa shape index (κ3) is 3.53. The van der Waals surface area contributed by atoms with Crippen molar-refractivity contribution in [2.24, 2.45) is 0 Å². The molecule has 174 valence electrons. The molecule has 0 N–H and O–H groups in total. The molecule has 0 saturated carbocycles. The predicted octanol–water partition coefficient (Wildman–Crippen LogP) is 6.30. The van der Waals surface area contributed by atoms with Gasteiger partial charge in [-0.2, -0.15) is 0 Å². The first-order chi connectivity index (χ1) is 17.6. The van der Waals surface area contributed by atoms with E-state index in [-0.39, 0.29) is 17.6 Å². The second-order valence-corrected chi connectivity index (χ2v) is 8.67. The predicted molar refractivity (Wildman–Crippen MR) is 138 cm³/mol. The van der Waals surface area contributed by atoms with Crippen LogP contribution in [0.25, 0.3) is 6.08 Å². The van der Waals surface area contributed by atoms with Crippen molar-refractivity contribution in [2.45, 2.75) is 6.04 Å². The van der Waals surface area contributed by atoms with Crippen molar-refractivity contribution in [1.29, 1.82) is 0 Å². The van der Waals surface area contributed by atoms with E-state index in [1.54, 1.807) is 17.0 Å². The molecule has 1 unspecified atom stereocenters. The number of halogens is 1. The normalized spacial score (nSPS) is 18.4. The average Bonchev–Trinajstić information content (AvgIpc) is 3.37. The van der Waals surface area contributed by atoms with Gasteiger partial charge in [0.1, 0.15) is 11.5 Å². The highest BCUT2D eigenvalue weighted by Crippen LogP contribution is 2.50. The topological polar surface area (TPSA) is 40.6 Å². The fourth-order valence-corrected chi connectivity index (χ4v) is 4.93. The largest absolute Gasteiger partial charge is 0.295 e. The summed E-state index contributed by atoms with van der Waals surface area (Å²) in [6, 6.07) is 33.6. The quantitative estimate of drug-likeness (QED) is 0.327. The zero-order chi connectivity index (χ0) is 24.6. The van der Waals surface area contributed by atoms with Crippen LogP contribution >= 0.6 is 0 Å². The SMILES string of the molecule is O=C1C(=Cc2ccccc2)C2=C(C(=O)N(c3ccccc3)C2c2ccc(F)cc2)N1c1ccccc1. The van der Waals surface area contributed by atoms with Gasteiger partial charge < -0.3 is 0 Å². The zero-order valence-corrected chi connectivity index (χ0v) is 19.2. The molecule has 2 heterocycles. The van der Waals surface area contributed by atoms with Gasteiger partial charge >= 0.3 is 0 Å². The van der Waals surface area contributed by atoms with E-state index in [9.17, 15) is 14.0 Å².